The number of rotatable bonds is 3. The molecule has 0 fully saturated rings. The Kier molecular flexibility index (Phi) is 3.56. The second-order valence-corrected chi connectivity index (χ2v) is 5.53. The number of benzene rings is 3. The zero-order valence-corrected chi connectivity index (χ0v) is 12.9. The number of aromatic nitrogens is 2. The molecule has 0 aliphatic carbocycles. The largest absolute Gasteiger partial charge is 0.345 e. The van der Waals surface area contributed by atoms with Gasteiger partial charge in [0.15, 0.2) is 0 Å². The number of amides is 1. The summed E-state index contributed by atoms with van der Waals surface area (Å²) < 4.78 is 0. The lowest BCUT2D eigenvalue weighted by Crippen LogP contribution is -2.11. The van der Waals surface area contributed by atoms with E-state index in [4.69, 9.17) is 0 Å². The Morgan fingerprint density at radius 1 is 0.875 bits per heavy atom. The van der Waals surface area contributed by atoms with Gasteiger partial charge in [0.2, 0.25) is 0 Å². The van der Waals surface area contributed by atoms with E-state index >= 15 is 0 Å². The van der Waals surface area contributed by atoms with E-state index < -0.39 is 0 Å². The first-order chi connectivity index (χ1) is 11.8. The van der Waals surface area contributed by atoms with Gasteiger partial charge in [0.25, 0.3) is 5.91 Å². The smallest absolute Gasteiger partial charge is 0.255 e. The molecule has 24 heavy (non-hydrogen) atoms. The maximum Gasteiger partial charge on any atom is 0.255 e. The Hall–Kier alpha value is -3.40. The molecule has 116 valence electrons. The predicted molar refractivity (Wildman–Crippen MR) is 95.9 cm³/mol. The van der Waals surface area contributed by atoms with Crippen LogP contribution in [0.2, 0.25) is 0 Å². The molecule has 0 aliphatic rings. The number of hydrogen-bond donors (Lipinski definition) is 2. The van der Waals surface area contributed by atoms with E-state index in [1.165, 1.54) is 0 Å². The summed E-state index contributed by atoms with van der Waals surface area (Å²) in [6.07, 6.45) is 1.62. The van der Waals surface area contributed by atoms with Crippen molar-refractivity contribution in [3.8, 4) is 11.1 Å². The second kappa shape index (κ2) is 6.01. The summed E-state index contributed by atoms with van der Waals surface area (Å²) in [5, 5.41) is 2.92. The highest BCUT2D eigenvalue weighted by molar-refractivity contribution is 6.06. The van der Waals surface area contributed by atoms with Gasteiger partial charge in [-0.15, -0.1) is 0 Å². The number of anilines is 1. The van der Waals surface area contributed by atoms with E-state index in [0.717, 1.165) is 27.8 Å². The maximum absolute atomic E-state index is 12.4. The minimum atomic E-state index is -0.140. The van der Waals surface area contributed by atoms with Gasteiger partial charge in [-0.3, -0.25) is 4.79 Å². The number of H-pyrrole nitrogens is 1. The number of nitrogens with zero attached hydrogens (tertiary/aromatic N) is 1. The van der Waals surface area contributed by atoms with Gasteiger partial charge in [-0.1, -0.05) is 42.5 Å². The van der Waals surface area contributed by atoms with Crippen LogP contribution in [-0.4, -0.2) is 15.9 Å². The molecular formula is C20H15N3O. The van der Waals surface area contributed by atoms with Crippen molar-refractivity contribution in [1.82, 2.24) is 9.97 Å². The first-order valence-corrected chi connectivity index (χ1v) is 7.69. The van der Waals surface area contributed by atoms with Gasteiger partial charge in [-0.25, -0.2) is 4.98 Å². The van der Waals surface area contributed by atoms with Crippen molar-refractivity contribution in [2.24, 2.45) is 0 Å². The standard InChI is InChI=1S/C20H15N3O/c24-20(16-8-11-18-19(12-16)22-13-21-18)23-17-9-6-15(7-10-17)14-4-2-1-3-5-14/h1-13H,(H,21,22)(H,23,24). The highest BCUT2D eigenvalue weighted by Crippen LogP contribution is 2.21. The predicted octanol–water partition coefficient (Wildman–Crippen LogP) is 4.48. The highest BCUT2D eigenvalue weighted by Gasteiger charge is 2.08. The quantitative estimate of drug-likeness (QED) is 0.586. The van der Waals surface area contributed by atoms with Gasteiger partial charge in [-0.2, -0.15) is 0 Å². The van der Waals surface area contributed by atoms with Gasteiger partial charge in [-0.05, 0) is 41.5 Å². The molecular weight excluding hydrogens is 298 g/mol. The van der Waals surface area contributed by atoms with Gasteiger partial charge < -0.3 is 10.3 Å². The van der Waals surface area contributed by atoms with Crippen molar-refractivity contribution >= 4 is 22.6 Å². The van der Waals surface area contributed by atoms with Crippen LogP contribution in [0.1, 0.15) is 10.4 Å². The number of aromatic amines is 1. The molecule has 1 aromatic heterocycles. The summed E-state index contributed by atoms with van der Waals surface area (Å²) in [5.41, 5.74) is 5.33. The number of carbonyl (C=O) groups is 1. The Morgan fingerprint density at radius 2 is 1.62 bits per heavy atom. The van der Waals surface area contributed by atoms with E-state index in [2.05, 4.69) is 27.4 Å². The molecule has 3 aromatic carbocycles. The van der Waals surface area contributed by atoms with Gasteiger partial charge in [0.05, 0.1) is 17.4 Å². The van der Waals surface area contributed by atoms with Crippen LogP contribution in [0, 0.1) is 0 Å². The summed E-state index contributed by atoms with van der Waals surface area (Å²) >= 11 is 0. The molecule has 0 bridgehead atoms. The summed E-state index contributed by atoms with van der Waals surface area (Å²) in [7, 11) is 0. The number of imidazole rings is 1. The molecule has 4 aromatic rings. The monoisotopic (exact) mass is 313 g/mol. The van der Waals surface area contributed by atoms with Crippen molar-refractivity contribution in [1.29, 1.82) is 0 Å². The number of fused-ring (bicyclic) bond motifs is 1. The number of hydrogen-bond acceptors (Lipinski definition) is 2. The first-order valence-electron chi connectivity index (χ1n) is 7.69. The third kappa shape index (κ3) is 2.77. The molecule has 4 heteroatoms. The first kappa shape index (κ1) is 14.2. The topological polar surface area (TPSA) is 57.8 Å². The zero-order valence-electron chi connectivity index (χ0n) is 12.9. The average molecular weight is 313 g/mol. The van der Waals surface area contributed by atoms with E-state index in [1.54, 1.807) is 18.5 Å². The molecule has 0 saturated heterocycles. The normalized spacial score (nSPS) is 10.7. The van der Waals surface area contributed by atoms with Crippen molar-refractivity contribution in [2.45, 2.75) is 0 Å². The third-order valence-corrected chi connectivity index (χ3v) is 3.93. The lowest BCUT2D eigenvalue weighted by Gasteiger charge is -2.07. The fraction of sp³-hybridized carbons (Fsp3) is 0. The van der Waals surface area contributed by atoms with Crippen LogP contribution in [0.25, 0.3) is 22.2 Å². The molecule has 4 rings (SSSR count). The minimum Gasteiger partial charge on any atom is -0.345 e. The third-order valence-electron chi connectivity index (χ3n) is 3.93. The van der Waals surface area contributed by atoms with Crippen LogP contribution in [-0.2, 0) is 0 Å². The molecule has 4 nitrogen and oxygen atoms in total. The molecule has 1 amide bonds. The Bertz CT molecular complexity index is 988. The Balaban J connectivity index is 1.53. The molecule has 0 aliphatic heterocycles. The molecule has 0 spiro atoms. The summed E-state index contributed by atoms with van der Waals surface area (Å²) in [6.45, 7) is 0. The van der Waals surface area contributed by atoms with Crippen LogP contribution in [0.5, 0.6) is 0 Å². The van der Waals surface area contributed by atoms with Crippen LogP contribution in [0.3, 0.4) is 0 Å². The van der Waals surface area contributed by atoms with Gasteiger partial charge >= 0.3 is 0 Å². The second-order valence-electron chi connectivity index (χ2n) is 5.53. The fourth-order valence-corrected chi connectivity index (χ4v) is 2.66. The molecule has 2 N–H and O–H groups in total. The Morgan fingerprint density at radius 3 is 2.42 bits per heavy atom. The lowest BCUT2D eigenvalue weighted by atomic mass is 10.1. The SMILES string of the molecule is O=C(Nc1ccc(-c2ccccc2)cc1)c1ccc2nc[nH]c2c1. The average Bonchev–Trinajstić information content (AvgIpc) is 3.11. The maximum atomic E-state index is 12.4. The lowest BCUT2D eigenvalue weighted by molar-refractivity contribution is 0.102. The van der Waals surface area contributed by atoms with Crippen LogP contribution in [0.4, 0.5) is 5.69 Å². The fourth-order valence-electron chi connectivity index (χ4n) is 2.66. The van der Waals surface area contributed by atoms with E-state index in [9.17, 15) is 4.79 Å². The van der Waals surface area contributed by atoms with Crippen LogP contribution in [0.15, 0.2) is 79.1 Å². The molecule has 0 unspecified atom stereocenters. The van der Waals surface area contributed by atoms with Crippen molar-refractivity contribution in [2.75, 3.05) is 5.32 Å². The molecule has 1 heterocycles. The van der Waals surface area contributed by atoms with E-state index in [-0.39, 0.29) is 5.91 Å². The van der Waals surface area contributed by atoms with Crippen molar-refractivity contribution in [3.05, 3.63) is 84.7 Å². The number of nitrogens with one attached hydrogen (secondary N) is 2. The van der Waals surface area contributed by atoms with Crippen molar-refractivity contribution in [3.63, 3.8) is 0 Å². The number of carbonyl (C=O) groups excluding carboxylic acids is 1. The van der Waals surface area contributed by atoms with Crippen LogP contribution < -0.4 is 5.32 Å². The van der Waals surface area contributed by atoms with Gasteiger partial charge in [0, 0.05) is 11.3 Å². The zero-order chi connectivity index (χ0) is 16.4. The van der Waals surface area contributed by atoms with Crippen LogP contribution >= 0.6 is 0 Å². The summed E-state index contributed by atoms with van der Waals surface area (Å²) in [6, 6.07) is 23.4. The van der Waals surface area contributed by atoms with E-state index in [1.807, 2.05) is 48.5 Å². The van der Waals surface area contributed by atoms with E-state index in [0.29, 0.717) is 5.56 Å². The summed E-state index contributed by atoms with van der Waals surface area (Å²) in [4.78, 5) is 19.6. The summed E-state index contributed by atoms with van der Waals surface area (Å²) in [5.74, 6) is -0.140. The Labute approximate surface area is 139 Å². The molecule has 0 atom stereocenters. The minimum absolute atomic E-state index is 0.140. The van der Waals surface area contributed by atoms with Crippen molar-refractivity contribution < 1.29 is 4.79 Å². The molecule has 0 saturated carbocycles. The van der Waals surface area contributed by atoms with Gasteiger partial charge in [0.1, 0.15) is 0 Å². The highest BCUT2D eigenvalue weighted by atomic mass is 16.1. The molecule has 0 radical (unpaired) electrons.